The zero-order chi connectivity index (χ0) is 33.2. The summed E-state index contributed by atoms with van der Waals surface area (Å²) >= 11 is 0. The van der Waals surface area contributed by atoms with Gasteiger partial charge in [-0.15, -0.1) is 0 Å². The minimum absolute atomic E-state index is 0.0508. The zero-order valence-electron chi connectivity index (χ0n) is 23.1. The van der Waals surface area contributed by atoms with Gasteiger partial charge >= 0.3 is 41.9 Å². The van der Waals surface area contributed by atoms with Crippen molar-refractivity contribution in [1.29, 1.82) is 0 Å². The van der Waals surface area contributed by atoms with Crippen molar-refractivity contribution < 1.29 is 71.3 Å². The van der Waals surface area contributed by atoms with Crippen LogP contribution in [0.25, 0.3) is 0 Å². The lowest BCUT2D eigenvalue weighted by Gasteiger charge is -2.44. The van der Waals surface area contributed by atoms with E-state index in [0.29, 0.717) is 12.8 Å². The maximum Gasteiger partial charge on any atom is 0.460 e. The van der Waals surface area contributed by atoms with E-state index < -0.39 is 53.6 Å². The quantitative estimate of drug-likeness (QED) is 0.160. The lowest BCUT2D eigenvalue weighted by molar-refractivity contribution is -0.466. The zero-order valence-corrected chi connectivity index (χ0v) is 23.1. The molecule has 244 valence electrons. The van der Waals surface area contributed by atoms with Crippen LogP contribution in [0.2, 0.25) is 0 Å². The van der Waals surface area contributed by atoms with Crippen LogP contribution >= 0.6 is 0 Å². The van der Waals surface area contributed by atoms with Crippen molar-refractivity contribution in [1.82, 2.24) is 0 Å². The fourth-order valence-electron chi connectivity index (χ4n) is 3.91. The van der Waals surface area contributed by atoms with Crippen LogP contribution in [0.4, 0.5) is 57.1 Å². The van der Waals surface area contributed by atoms with E-state index >= 15 is 0 Å². The molecule has 1 aromatic carbocycles. The predicted molar refractivity (Wildman–Crippen MR) is 124 cm³/mol. The molecule has 0 fully saturated rings. The molecule has 2 atom stereocenters. The second-order valence-electron chi connectivity index (χ2n) is 10.7. The Hall–Kier alpha value is -2.42. The third kappa shape index (κ3) is 7.56. The third-order valence-corrected chi connectivity index (χ3v) is 7.18. The molecule has 3 nitrogen and oxygen atoms in total. The average molecular weight is 639 g/mol. The van der Waals surface area contributed by atoms with Crippen molar-refractivity contribution in [3.63, 3.8) is 0 Å². The van der Waals surface area contributed by atoms with Gasteiger partial charge in [0, 0.05) is 6.42 Å². The lowest BCUT2D eigenvalue weighted by Crippen LogP contribution is -2.77. The van der Waals surface area contributed by atoms with Crippen LogP contribution in [0.5, 0.6) is 5.75 Å². The van der Waals surface area contributed by atoms with E-state index in [0.717, 1.165) is 18.6 Å². The molecule has 0 spiro atoms. The van der Waals surface area contributed by atoms with E-state index in [1.54, 1.807) is 0 Å². The van der Waals surface area contributed by atoms with Crippen LogP contribution in [0.15, 0.2) is 24.3 Å². The Morgan fingerprint density at radius 1 is 0.762 bits per heavy atom. The first-order valence-electron chi connectivity index (χ1n) is 12.6. The van der Waals surface area contributed by atoms with Crippen molar-refractivity contribution in [2.75, 3.05) is 6.61 Å². The molecule has 1 rings (SSSR count). The summed E-state index contributed by atoms with van der Waals surface area (Å²) in [5.74, 6) is -18.5. The Labute approximate surface area is 233 Å². The molecule has 0 amide bonds. The molecule has 16 heteroatoms. The lowest BCUT2D eigenvalue weighted by atomic mass is 9.76. The highest BCUT2D eigenvalue weighted by atomic mass is 19.4. The first kappa shape index (κ1) is 37.6. The molecule has 0 saturated carbocycles. The fourth-order valence-corrected chi connectivity index (χ4v) is 3.91. The Morgan fingerprint density at radius 3 is 1.62 bits per heavy atom. The summed E-state index contributed by atoms with van der Waals surface area (Å²) in [5, 5.41) is 0. The number of carbonyl (C=O) groups excluding carboxylic acids is 1. The van der Waals surface area contributed by atoms with Gasteiger partial charge in [0.2, 0.25) is 0 Å². The molecule has 0 N–H and O–H groups in total. The summed E-state index contributed by atoms with van der Waals surface area (Å²) in [5.41, 5.74) is -7.41. The van der Waals surface area contributed by atoms with Crippen molar-refractivity contribution in [3.8, 4) is 5.75 Å². The van der Waals surface area contributed by atoms with Gasteiger partial charge in [0.25, 0.3) is 0 Å². The van der Waals surface area contributed by atoms with Crippen LogP contribution in [-0.2, 0) is 16.0 Å². The summed E-state index contributed by atoms with van der Waals surface area (Å²) in [6.07, 6.45) is -20.8. The minimum Gasteiger partial charge on any atom is -0.465 e. The summed E-state index contributed by atoms with van der Waals surface area (Å²) in [7, 11) is 0. The number of hydrogen-bond acceptors (Lipinski definition) is 3. The number of carbonyl (C=O) groups is 1. The van der Waals surface area contributed by atoms with E-state index in [4.69, 9.17) is 4.74 Å². The highest BCUT2D eigenvalue weighted by Gasteiger charge is 2.94. The van der Waals surface area contributed by atoms with Gasteiger partial charge < -0.3 is 9.47 Å². The monoisotopic (exact) mass is 638 g/mol. The van der Waals surface area contributed by atoms with Gasteiger partial charge in [-0.2, -0.15) is 57.1 Å². The summed E-state index contributed by atoms with van der Waals surface area (Å²) in [6.45, 7) is 9.30. The Morgan fingerprint density at radius 2 is 1.24 bits per heavy atom. The third-order valence-electron chi connectivity index (χ3n) is 7.18. The van der Waals surface area contributed by atoms with E-state index in [1.165, 1.54) is 0 Å². The summed E-state index contributed by atoms with van der Waals surface area (Å²) in [4.78, 5) is 12.7. The first-order valence-corrected chi connectivity index (χ1v) is 12.6. The molecule has 0 saturated heterocycles. The van der Waals surface area contributed by atoms with Crippen molar-refractivity contribution in [3.05, 3.63) is 29.8 Å². The SMILES string of the molecule is CCC(C)C(CC(C)(C)CC)C(=O)OCCc1ccc(OC(C(F)(F)F)(C(F)(F)F)C(F)(F)C(F)(F)C(F)(F)F)cc1. The van der Waals surface area contributed by atoms with Gasteiger partial charge in [0.15, 0.2) is 0 Å². The number of rotatable bonds is 13. The van der Waals surface area contributed by atoms with Gasteiger partial charge in [-0.05, 0) is 35.4 Å². The molecule has 0 radical (unpaired) electrons. The number of alkyl halides is 13. The van der Waals surface area contributed by atoms with Crippen LogP contribution in [0.1, 0.15) is 59.4 Å². The Bertz CT molecular complexity index is 1010. The van der Waals surface area contributed by atoms with E-state index in [-0.39, 0.29) is 42.1 Å². The van der Waals surface area contributed by atoms with Crippen molar-refractivity contribution in [2.24, 2.45) is 17.3 Å². The van der Waals surface area contributed by atoms with Crippen LogP contribution in [0, 0.1) is 17.3 Å². The normalized spacial score (nSPS) is 15.8. The number of halogens is 13. The summed E-state index contributed by atoms with van der Waals surface area (Å²) in [6, 6.07) is 1.98. The molecule has 0 aliphatic rings. The van der Waals surface area contributed by atoms with E-state index in [1.807, 2.05) is 34.6 Å². The molecule has 2 unspecified atom stereocenters. The Kier molecular flexibility index (Phi) is 11.3. The summed E-state index contributed by atoms with van der Waals surface area (Å²) < 4.78 is 183. The molecule has 42 heavy (non-hydrogen) atoms. The highest BCUT2D eigenvalue weighted by Crippen LogP contribution is 2.61. The number of benzene rings is 1. The van der Waals surface area contributed by atoms with Crippen molar-refractivity contribution >= 4 is 5.97 Å². The van der Waals surface area contributed by atoms with E-state index in [2.05, 4.69) is 4.74 Å². The highest BCUT2D eigenvalue weighted by molar-refractivity contribution is 5.72. The number of esters is 1. The van der Waals surface area contributed by atoms with Crippen LogP contribution < -0.4 is 4.74 Å². The largest absolute Gasteiger partial charge is 0.465 e. The molecular formula is C26H31F13O3. The second kappa shape index (κ2) is 12.7. The fraction of sp³-hybridized carbons (Fsp3) is 0.731. The van der Waals surface area contributed by atoms with Gasteiger partial charge in [0.05, 0.1) is 12.5 Å². The molecular weight excluding hydrogens is 607 g/mol. The first-order chi connectivity index (χ1) is 18.7. The molecule has 0 aliphatic carbocycles. The molecule has 1 aromatic rings. The maximum atomic E-state index is 14.2. The van der Waals surface area contributed by atoms with Gasteiger partial charge in [0.1, 0.15) is 5.75 Å². The molecule has 0 bridgehead atoms. The number of ether oxygens (including phenoxy) is 2. The molecule has 0 aliphatic heterocycles. The van der Waals surface area contributed by atoms with Gasteiger partial charge in [-0.1, -0.05) is 59.6 Å². The van der Waals surface area contributed by atoms with Crippen LogP contribution in [0.3, 0.4) is 0 Å². The Balaban J connectivity index is 3.26. The molecule has 0 heterocycles. The van der Waals surface area contributed by atoms with Crippen molar-refractivity contribution in [2.45, 2.75) is 96.3 Å². The van der Waals surface area contributed by atoms with Crippen LogP contribution in [-0.4, -0.2) is 48.6 Å². The molecule has 0 aromatic heterocycles. The van der Waals surface area contributed by atoms with Gasteiger partial charge in [-0.3, -0.25) is 4.79 Å². The standard InChI is InChI=1S/C26H31F13O3/c1-6-15(3)18(14-20(4,5)7-2)19(40)41-13-12-16-8-10-17(11-9-16)42-21(24(31,32)33,25(34,35)36)22(27,28)23(29,30)26(37,38)39/h8-11,15,18H,6-7,12-14H2,1-5H3. The van der Waals surface area contributed by atoms with Gasteiger partial charge in [-0.25, -0.2) is 0 Å². The number of hydrogen-bond donors (Lipinski definition) is 0. The maximum absolute atomic E-state index is 14.2. The minimum atomic E-state index is -7.90. The second-order valence-corrected chi connectivity index (χ2v) is 10.7. The van der Waals surface area contributed by atoms with E-state index in [9.17, 15) is 61.9 Å². The average Bonchev–Trinajstić information content (AvgIpc) is 2.83. The predicted octanol–water partition coefficient (Wildman–Crippen LogP) is 9.34. The topological polar surface area (TPSA) is 35.5 Å². The smallest absolute Gasteiger partial charge is 0.460 e.